The van der Waals surface area contributed by atoms with Crippen LogP contribution in [0.1, 0.15) is 21.6 Å². The van der Waals surface area contributed by atoms with Crippen LogP contribution in [0.25, 0.3) is 16.9 Å². The van der Waals surface area contributed by atoms with Crippen LogP contribution in [0.2, 0.25) is 0 Å². The molecule has 0 unspecified atom stereocenters. The number of methoxy groups -OCH3 is 1. The third-order valence-electron chi connectivity index (χ3n) is 5.96. The minimum atomic E-state index is -0.931. The third kappa shape index (κ3) is 4.82. The van der Waals surface area contributed by atoms with Crippen LogP contribution in [0.4, 0.5) is 13.6 Å². The molecule has 11 heteroatoms. The quantitative estimate of drug-likeness (QED) is 0.513. The molecule has 1 aromatic carbocycles. The number of carbonyl (C=O) groups excluding carboxylic acids is 2. The number of rotatable bonds is 5. The normalized spacial score (nSPS) is 15.9. The first kappa shape index (κ1) is 24.6. The lowest BCUT2D eigenvalue weighted by Gasteiger charge is -2.32. The van der Waals surface area contributed by atoms with Gasteiger partial charge in [-0.25, -0.2) is 23.6 Å². The standard InChI is InChI=1S/C24H26F2N4O5/c1-14-5-6-30-19(12-16-13-29(7-8-35-16)24(32)33-3)22(27-20(30)9-14)21-17(25)10-15(11-18(21)26)23(31)28(2)34-4/h5-6,9-11,16H,7-8,12-13H2,1-4H3/t16-/m0/s1. The fourth-order valence-electron chi connectivity index (χ4n) is 4.13. The van der Waals surface area contributed by atoms with E-state index in [1.165, 1.54) is 26.2 Å². The van der Waals surface area contributed by atoms with E-state index in [2.05, 4.69) is 4.98 Å². The second-order valence-electron chi connectivity index (χ2n) is 8.25. The molecule has 9 nitrogen and oxygen atoms in total. The van der Waals surface area contributed by atoms with Gasteiger partial charge >= 0.3 is 6.09 Å². The molecule has 0 aliphatic carbocycles. The molecule has 0 bridgehead atoms. The molecular formula is C24H26F2N4O5. The number of fused-ring (bicyclic) bond motifs is 1. The van der Waals surface area contributed by atoms with Gasteiger partial charge in [0.25, 0.3) is 5.91 Å². The topological polar surface area (TPSA) is 85.6 Å². The summed E-state index contributed by atoms with van der Waals surface area (Å²) in [6.07, 6.45) is 1.10. The highest BCUT2D eigenvalue weighted by atomic mass is 19.1. The number of morpholine rings is 1. The predicted molar refractivity (Wildman–Crippen MR) is 122 cm³/mol. The molecule has 0 radical (unpaired) electrons. The summed E-state index contributed by atoms with van der Waals surface area (Å²) in [5.74, 6) is -2.55. The Hall–Kier alpha value is -3.57. The lowest BCUT2D eigenvalue weighted by Crippen LogP contribution is -2.46. The molecule has 0 N–H and O–H groups in total. The maximum Gasteiger partial charge on any atom is 0.409 e. The molecule has 3 heterocycles. The Morgan fingerprint density at radius 2 is 1.94 bits per heavy atom. The zero-order valence-corrected chi connectivity index (χ0v) is 19.9. The van der Waals surface area contributed by atoms with Gasteiger partial charge in [-0.15, -0.1) is 0 Å². The number of imidazole rings is 1. The number of hydrogen-bond donors (Lipinski definition) is 0. The summed E-state index contributed by atoms with van der Waals surface area (Å²) in [6, 6.07) is 5.59. The average Bonchev–Trinajstić information content (AvgIpc) is 3.18. The van der Waals surface area contributed by atoms with Crippen LogP contribution >= 0.6 is 0 Å². The van der Waals surface area contributed by atoms with Crippen molar-refractivity contribution in [2.24, 2.45) is 0 Å². The van der Waals surface area contributed by atoms with E-state index in [9.17, 15) is 9.59 Å². The van der Waals surface area contributed by atoms with E-state index in [0.717, 1.165) is 22.8 Å². The zero-order chi connectivity index (χ0) is 25.3. The van der Waals surface area contributed by atoms with Crippen molar-refractivity contribution in [3.63, 3.8) is 0 Å². The Kier molecular flexibility index (Phi) is 6.99. The third-order valence-corrected chi connectivity index (χ3v) is 5.96. The van der Waals surface area contributed by atoms with Gasteiger partial charge < -0.3 is 18.8 Å². The Labute approximate surface area is 200 Å². The number of ether oxygens (including phenoxy) is 2. The number of amides is 2. The van der Waals surface area contributed by atoms with E-state index in [-0.39, 0.29) is 29.8 Å². The van der Waals surface area contributed by atoms with Crippen LogP contribution < -0.4 is 0 Å². The molecule has 3 aromatic rings. The second-order valence-corrected chi connectivity index (χ2v) is 8.25. The van der Waals surface area contributed by atoms with Crippen molar-refractivity contribution in [1.29, 1.82) is 0 Å². The van der Waals surface area contributed by atoms with Gasteiger partial charge in [-0.3, -0.25) is 9.63 Å². The lowest BCUT2D eigenvalue weighted by molar-refractivity contribution is -0.0757. The van der Waals surface area contributed by atoms with Crippen molar-refractivity contribution in [3.8, 4) is 11.3 Å². The molecule has 1 aliphatic heterocycles. The minimum absolute atomic E-state index is 0.100. The Balaban J connectivity index is 1.78. The van der Waals surface area contributed by atoms with E-state index in [4.69, 9.17) is 14.3 Å². The number of benzene rings is 1. The van der Waals surface area contributed by atoms with Crippen LogP contribution in [0.5, 0.6) is 0 Å². The first-order chi connectivity index (χ1) is 16.7. The summed E-state index contributed by atoms with van der Waals surface area (Å²) < 4.78 is 43.0. The van der Waals surface area contributed by atoms with E-state index in [0.29, 0.717) is 24.5 Å². The van der Waals surface area contributed by atoms with Crippen molar-refractivity contribution in [1.82, 2.24) is 19.3 Å². The number of aromatic nitrogens is 2. The maximum atomic E-state index is 15.3. The van der Waals surface area contributed by atoms with Gasteiger partial charge in [0, 0.05) is 31.8 Å². The van der Waals surface area contributed by atoms with Crippen molar-refractivity contribution in [3.05, 3.63) is 58.9 Å². The molecule has 1 aliphatic rings. The fourth-order valence-corrected chi connectivity index (χ4v) is 4.13. The van der Waals surface area contributed by atoms with Gasteiger partial charge in [0.05, 0.1) is 50.4 Å². The van der Waals surface area contributed by atoms with Crippen LogP contribution in [0.3, 0.4) is 0 Å². The highest BCUT2D eigenvalue weighted by Gasteiger charge is 2.29. The zero-order valence-electron chi connectivity index (χ0n) is 19.9. The molecule has 0 saturated carbocycles. The lowest BCUT2D eigenvalue weighted by atomic mass is 10.0. The number of pyridine rings is 1. The summed E-state index contributed by atoms with van der Waals surface area (Å²) >= 11 is 0. The molecule has 1 atom stereocenters. The Morgan fingerprint density at radius 1 is 1.23 bits per heavy atom. The van der Waals surface area contributed by atoms with Crippen molar-refractivity contribution in [2.45, 2.75) is 19.4 Å². The number of carbonyl (C=O) groups is 2. The highest BCUT2D eigenvalue weighted by molar-refractivity contribution is 5.94. The summed E-state index contributed by atoms with van der Waals surface area (Å²) in [5.41, 5.74) is 1.51. The van der Waals surface area contributed by atoms with Crippen LogP contribution in [-0.2, 0) is 20.7 Å². The summed E-state index contributed by atoms with van der Waals surface area (Å²) in [6.45, 7) is 2.84. The number of nitrogens with zero attached hydrogens (tertiary/aromatic N) is 4. The second kappa shape index (κ2) is 9.96. The molecule has 35 heavy (non-hydrogen) atoms. The van der Waals surface area contributed by atoms with E-state index in [1.807, 2.05) is 13.0 Å². The predicted octanol–water partition coefficient (Wildman–Crippen LogP) is 3.23. The number of aryl methyl sites for hydroxylation is 1. The molecule has 186 valence electrons. The van der Waals surface area contributed by atoms with E-state index < -0.39 is 29.7 Å². The molecule has 4 rings (SSSR count). The summed E-state index contributed by atoms with van der Waals surface area (Å²) in [5, 5.41) is 0.875. The average molecular weight is 488 g/mol. The number of hydroxylamine groups is 2. The van der Waals surface area contributed by atoms with Gasteiger partial charge in [0.1, 0.15) is 17.3 Å². The molecule has 1 saturated heterocycles. The number of hydrogen-bond acceptors (Lipinski definition) is 6. The van der Waals surface area contributed by atoms with Crippen molar-refractivity contribution < 1.29 is 32.7 Å². The minimum Gasteiger partial charge on any atom is -0.453 e. The molecule has 2 amide bonds. The van der Waals surface area contributed by atoms with Crippen LogP contribution in [-0.4, -0.2) is 78.4 Å². The van der Waals surface area contributed by atoms with Gasteiger partial charge in [-0.1, -0.05) is 0 Å². The van der Waals surface area contributed by atoms with Gasteiger partial charge in [0.15, 0.2) is 0 Å². The first-order valence-electron chi connectivity index (χ1n) is 11.0. The van der Waals surface area contributed by atoms with Crippen molar-refractivity contribution in [2.75, 3.05) is 41.0 Å². The number of halogens is 2. The van der Waals surface area contributed by atoms with Gasteiger partial charge in [-0.2, -0.15) is 0 Å². The smallest absolute Gasteiger partial charge is 0.409 e. The van der Waals surface area contributed by atoms with Gasteiger partial charge in [-0.05, 0) is 36.8 Å². The van der Waals surface area contributed by atoms with Crippen LogP contribution in [0, 0.1) is 18.6 Å². The monoisotopic (exact) mass is 488 g/mol. The molecular weight excluding hydrogens is 462 g/mol. The highest BCUT2D eigenvalue weighted by Crippen LogP contribution is 2.32. The molecule has 2 aromatic heterocycles. The SMILES string of the molecule is COC(=O)N1CCO[C@@H](Cc2c(-c3c(F)cc(C(=O)N(C)OC)cc3F)nc3cc(C)ccn23)C1. The van der Waals surface area contributed by atoms with Gasteiger partial charge in [0.2, 0.25) is 0 Å². The Morgan fingerprint density at radius 3 is 2.60 bits per heavy atom. The summed E-state index contributed by atoms with van der Waals surface area (Å²) in [7, 11) is 3.93. The van der Waals surface area contributed by atoms with Crippen molar-refractivity contribution >= 4 is 17.6 Å². The largest absolute Gasteiger partial charge is 0.453 e. The maximum absolute atomic E-state index is 15.3. The first-order valence-corrected chi connectivity index (χ1v) is 11.0. The Bertz CT molecular complexity index is 1260. The molecule has 0 spiro atoms. The van der Waals surface area contributed by atoms with Crippen LogP contribution in [0.15, 0.2) is 30.5 Å². The fraction of sp³-hybridized carbons (Fsp3) is 0.375. The summed E-state index contributed by atoms with van der Waals surface area (Å²) in [4.78, 5) is 35.2. The van der Waals surface area contributed by atoms with E-state index >= 15 is 8.78 Å². The molecule has 1 fully saturated rings. The van der Waals surface area contributed by atoms with E-state index in [1.54, 1.807) is 16.7 Å².